The van der Waals surface area contributed by atoms with Crippen LogP contribution in [0.15, 0.2) is 53.9 Å². The molecule has 0 aliphatic heterocycles. The smallest absolute Gasteiger partial charge is 0.375 e. The molecular weight excluding hydrogens is 418 g/mol. The predicted octanol–water partition coefficient (Wildman–Crippen LogP) is 6.32. The van der Waals surface area contributed by atoms with Gasteiger partial charge in [0, 0.05) is 16.5 Å². The van der Waals surface area contributed by atoms with E-state index in [4.69, 9.17) is 5.73 Å². The number of rotatable bonds is 2. The summed E-state index contributed by atoms with van der Waals surface area (Å²) in [4.78, 5) is 14.7. The molecule has 0 saturated carbocycles. The molecule has 0 aliphatic rings. The summed E-state index contributed by atoms with van der Waals surface area (Å²) in [6.45, 7) is 1.23. The molecule has 0 unspecified atom stereocenters. The lowest BCUT2D eigenvalue weighted by Gasteiger charge is -2.07. The van der Waals surface area contributed by atoms with E-state index in [0.717, 1.165) is 24.3 Å². The Morgan fingerprint density at radius 2 is 1.48 bits per heavy atom. The molecule has 0 aliphatic carbocycles. The Labute approximate surface area is 165 Å². The second-order valence-corrected chi connectivity index (χ2v) is 6.67. The summed E-state index contributed by atoms with van der Waals surface area (Å²) in [7, 11) is 0. The summed E-state index contributed by atoms with van der Waals surface area (Å²) in [5, 5.41) is 1.97. The first-order chi connectivity index (χ1) is 13.4. The van der Waals surface area contributed by atoms with Crippen molar-refractivity contribution in [1.29, 1.82) is 0 Å². The molecule has 1 aromatic heterocycles. The molecule has 0 atom stereocenters. The molecule has 2 N–H and O–H groups in total. The average molecular weight is 432 g/mol. The Morgan fingerprint density at radius 3 is 1.97 bits per heavy atom. The van der Waals surface area contributed by atoms with Crippen LogP contribution in [-0.4, -0.2) is 10.8 Å². The Balaban J connectivity index is 0.000000212. The Hall–Kier alpha value is -2.88. The maximum atomic E-state index is 12.4. The van der Waals surface area contributed by atoms with Crippen LogP contribution in [0.2, 0.25) is 0 Å². The fourth-order valence-corrected chi connectivity index (χ4v) is 2.76. The second-order valence-electron chi connectivity index (χ2n) is 5.78. The minimum atomic E-state index is -4.38. The largest absolute Gasteiger partial charge is 0.416 e. The molecule has 0 bridgehead atoms. The van der Waals surface area contributed by atoms with Crippen LogP contribution >= 0.6 is 11.3 Å². The van der Waals surface area contributed by atoms with Gasteiger partial charge < -0.3 is 5.73 Å². The van der Waals surface area contributed by atoms with E-state index in [-0.39, 0.29) is 11.3 Å². The highest BCUT2D eigenvalue weighted by molar-refractivity contribution is 7.13. The number of thiazole rings is 1. The van der Waals surface area contributed by atoms with Crippen molar-refractivity contribution in [2.75, 3.05) is 5.73 Å². The van der Waals surface area contributed by atoms with Crippen molar-refractivity contribution in [2.45, 2.75) is 19.3 Å². The number of aromatic nitrogens is 1. The maximum absolute atomic E-state index is 12.4. The van der Waals surface area contributed by atoms with E-state index in [1.807, 2.05) is 0 Å². The van der Waals surface area contributed by atoms with Gasteiger partial charge >= 0.3 is 12.4 Å². The fourth-order valence-electron chi connectivity index (χ4n) is 2.19. The standard InChI is InChI=1S/C10H7F3N2S.C9H7F3O/c11-10(12,13)7-3-1-2-6(4-7)8-5-16-9(14)15-8;1-6(13)7-3-2-4-8(5-7)9(10,11)12/h1-5H,(H2,14,15);2-5H,1H3. The van der Waals surface area contributed by atoms with E-state index in [0.29, 0.717) is 16.4 Å². The number of benzene rings is 2. The number of nitrogens with zero attached hydrogens (tertiary/aromatic N) is 1. The number of halogens is 6. The number of hydrogen-bond acceptors (Lipinski definition) is 4. The van der Waals surface area contributed by atoms with Gasteiger partial charge in [-0.2, -0.15) is 26.3 Å². The molecule has 29 heavy (non-hydrogen) atoms. The molecule has 0 radical (unpaired) electrons. The summed E-state index contributed by atoms with van der Waals surface area (Å²) in [5.41, 5.74) is 4.91. The van der Waals surface area contributed by atoms with Crippen molar-refractivity contribution in [2.24, 2.45) is 0 Å². The summed E-state index contributed by atoms with van der Waals surface area (Å²) >= 11 is 1.20. The van der Waals surface area contributed by atoms with Crippen LogP contribution in [0.25, 0.3) is 11.3 Å². The number of carbonyl (C=O) groups excluding carboxylic acids is 1. The quantitative estimate of drug-likeness (QED) is 0.381. The van der Waals surface area contributed by atoms with Crippen molar-refractivity contribution >= 4 is 22.3 Å². The van der Waals surface area contributed by atoms with Gasteiger partial charge in [0.25, 0.3) is 0 Å². The molecule has 0 fully saturated rings. The van der Waals surface area contributed by atoms with E-state index in [1.54, 1.807) is 11.4 Å². The first-order valence-corrected chi connectivity index (χ1v) is 8.82. The summed E-state index contributed by atoms with van der Waals surface area (Å²) < 4.78 is 73.7. The lowest BCUT2D eigenvalue weighted by Crippen LogP contribution is -2.06. The van der Waals surface area contributed by atoms with E-state index < -0.39 is 23.5 Å². The third kappa shape index (κ3) is 6.31. The number of carbonyl (C=O) groups is 1. The van der Waals surface area contributed by atoms with Crippen molar-refractivity contribution < 1.29 is 31.1 Å². The van der Waals surface area contributed by atoms with Crippen molar-refractivity contribution in [1.82, 2.24) is 4.98 Å². The molecule has 10 heteroatoms. The third-order valence-corrected chi connectivity index (χ3v) is 4.28. The van der Waals surface area contributed by atoms with E-state index in [9.17, 15) is 31.1 Å². The zero-order valence-corrected chi connectivity index (χ0v) is 15.6. The van der Waals surface area contributed by atoms with Crippen LogP contribution in [0.4, 0.5) is 31.5 Å². The van der Waals surface area contributed by atoms with E-state index in [1.165, 1.54) is 36.5 Å². The summed E-state index contributed by atoms with van der Waals surface area (Å²) in [6, 6.07) is 9.39. The topological polar surface area (TPSA) is 56.0 Å². The van der Waals surface area contributed by atoms with Crippen LogP contribution in [0.3, 0.4) is 0 Å². The minimum Gasteiger partial charge on any atom is -0.375 e. The average Bonchev–Trinajstić information content (AvgIpc) is 3.07. The van der Waals surface area contributed by atoms with Gasteiger partial charge in [0.15, 0.2) is 10.9 Å². The number of nitrogen functional groups attached to an aromatic ring is 1. The molecule has 1 heterocycles. The van der Waals surface area contributed by atoms with Gasteiger partial charge in [-0.3, -0.25) is 4.79 Å². The summed E-state index contributed by atoms with van der Waals surface area (Å²) in [6.07, 6.45) is -8.72. The monoisotopic (exact) mass is 432 g/mol. The van der Waals surface area contributed by atoms with Crippen LogP contribution in [0.1, 0.15) is 28.4 Å². The predicted molar refractivity (Wildman–Crippen MR) is 98.4 cm³/mol. The number of nitrogens with two attached hydrogens (primary N) is 1. The zero-order chi connectivity index (χ0) is 21.8. The molecule has 3 aromatic rings. The third-order valence-electron chi connectivity index (χ3n) is 3.60. The van der Waals surface area contributed by atoms with Crippen LogP contribution in [-0.2, 0) is 12.4 Å². The SMILES string of the molecule is CC(=O)c1cccc(C(F)(F)F)c1.Nc1nc(-c2cccc(C(F)(F)F)c2)cs1. The summed E-state index contributed by atoms with van der Waals surface area (Å²) in [5.74, 6) is -0.369. The van der Waals surface area contributed by atoms with Crippen molar-refractivity contribution in [3.63, 3.8) is 0 Å². The number of alkyl halides is 6. The van der Waals surface area contributed by atoms with Crippen molar-refractivity contribution in [3.05, 3.63) is 70.6 Å². The van der Waals surface area contributed by atoms with Gasteiger partial charge in [-0.25, -0.2) is 4.98 Å². The lowest BCUT2D eigenvalue weighted by molar-refractivity contribution is -0.138. The number of Topliss-reactive ketones (excluding diaryl/α,β-unsaturated/α-hetero) is 1. The Bertz CT molecular complexity index is 995. The van der Waals surface area contributed by atoms with Gasteiger partial charge in [-0.05, 0) is 31.2 Å². The van der Waals surface area contributed by atoms with E-state index in [2.05, 4.69) is 4.98 Å². The fraction of sp³-hybridized carbons (Fsp3) is 0.158. The maximum Gasteiger partial charge on any atom is 0.416 e. The first-order valence-electron chi connectivity index (χ1n) is 7.95. The molecule has 0 amide bonds. The van der Waals surface area contributed by atoms with Gasteiger partial charge in [-0.1, -0.05) is 24.3 Å². The zero-order valence-electron chi connectivity index (χ0n) is 14.8. The Kier molecular flexibility index (Phi) is 6.68. The first kappa shape index (κ1) is 22.4. The van der Waals surface area contributed by atoms with Gasteiger partial charge in [0.2, 0.25) is 0 Å². The molecule has 3 nitrogen and oxygen atoms in total. The van der Waals surface area contributed by atoms with Crippen LogP contribution < -0.4 is 5.73 Å². The molecule has 0 spiro atoms. The minimum absolute atomic E-state index is 0.0785. The molecule has 2 aromatic carbocycles. The molecule has 0 saturated heterocycles. The van der Waals surface area contributed by atoms with Crippen molar-refractivity contribution in [3.8, 4) is 11.3 Å². The normalized spacial score (nSPS) is 11.6. The van der Waals surface area contributed by atoms with Gasteiger partial charge in [0.1, 0.15) is 0 Å². The van der Waals surface area contributed by atoms with E-state index >= 15 is 0 Å². The second kappa shape index (κ2) is 8.64. The number of ketones is 1. The van der Waals surface area contributed by atoms with Gasteiger partial charge in [-0.15, -0.1) is 11.3 Å². The van der Waals surface area contributed by atoms with Crippen LogP contribution in [0, 0.1) is 0 Å². The lowest BCUT2D eigenvalue weighted by atomic mass is 10.1. The number of hydrogen-bond donors (Lipinski definition) is 1. The molecule has 154 valence electrons. The molecular formula is C19H14F6N2OS. The highest BCUT2D eigenvalue weighted by Crippen LogP contribution is 2.32. The van der Waals surface area contributed by atoms with Crippen LogP contribution in [0.5, 0.6) is 0 Å². The highest BCUT2D eigenvalue weighted by atomic mass is 32.1. The number of anilines is 1. The highest BCUT2D eigenvalue weighted by Gasteiger charge is 2.31. The van der Waals surface area contributed by atoms with Gasteiger partial charge in [0.05, 0.1) is 16.8 Å². The molecule has 3 rings (SSSR count). The Morgan fingerprint density at radius 1 is 0.931 bits per heavy atom.